The van der Waals surface area contributed by atoms with Crippen LogP contribution >= 0.6 is 0 Å². The maximum Gasteiger partial charge on any atom is 0.433 e. The summed E-state index contributed by atoms with van der Waals surface area (Å²) in [6, 6.07) is 4.09. The summed E-state index contributed by atoms with van der Waals surface area (Å²) in [7, 11) is 0. The molecule has 1 saturated heterocycles. The second-order valence-corrected chi connectivity index (χ2v) is 12.0. The fourth-order valence-electron chi connectivity index (χ4n) is 6.17. The predicted octanol–water partition coefficient (Wildman–Crippen LogP) is 5.21. The van der Waals surface area contributed by atoms with E-state index in [0.717, 1.165) is 6.07 Å². The van der Waals surface area contributed by atoms with Gasteiger partial charge in [-0.3, -0.25) is 19.1 Å². The van der Waals surface area contributed by atoms with E-state index in [4.69, 9.17) is 0 Å². The number of carbonyl (C=O) groups excluding carboxylic acids is 3. The average molecular weight is 624 g/mol. The zero-order valence-corrected chi connectivity index (χ0v) is 24.9. The number of hydrogen-bond acceptors (Lipinski definition) is 7. The molecule has 10 nitrogen and oxygen atoms in total. The van der Waals surface area contributed by atoms with Crippen molar-refractivity contribution in [2.75, 3.05) is 5.32 Å². The van der Waals surface area contributed by atoms with Crippen LogP contribution in [-0.2, 0) is 29.0 Å². The third-order valence-corrected chi connectivity index (χ3v) is 8.65. The minimum absolute atomic E-state index is 0.0560. The minimum atomic E-state index is -4.70. The van der Waals surface area contributed by atoms with Gasteiger partial charge in [-0.15, -0.1) is 0 Å². The summed E-state index contributed by atoms with van der Waals surface area (Å²) in [5.41, 5.74) is 0.571. The van der Waals surface area contributed by atoms with Crippen molar-refractivity contribution in [3.8, 4) is 11.1 Å². The second-order valence-electron chi connectivity index (χ2n) is 12.0. The molecule has 1 unspecified atom stereocenters. The number of nitrogens with zero attached hydrogens (tertiary/aromatic N) is 6. The summed E-state index contributed by atoms with van der Waals surface area (Å²) in [6.07, 6.45) is -0.553. The van der Waals surface area contributed by atoms with Crippen molar-refractivity contribution >= 4 is 34.3 Å². The van der Waals surface area contributed by atoms with Gasteiger partial charge in [0.1, 0.15) is 42.3 Å². The van der Waals surface area contributed by atoms with Crippen LogP contribution in [0.15, 0.2) is 36.7 Å². The number of Topliss-reactive ketones (excluding diaryl/α,β-unsaturated/α-hetero) is 1. The molecule has 0 spiro atoms. The number of piperidine rings is 1. The van der Waals surface area contributed by atoms with Crippen molar-refractivity contribution in [3.05, 3.63) is 65.0 Å². The number of alkyl halides is 4. The molecule has 6 rings (SSSR count). The first-order chi connectivity index (χ1) is 21.2. The zero-order chi connectivity index (χ0) is 32.4. The number of benzene rings is 1. The summed E-state index contributed by atoms with van der Waals surface area (Å²) in [5, 5.41) is 7.25. The number of ketones is 1. The molecule has 1 aliphatic carbocycles. The van der Waals surface area contributed by atoms with E-state index in [9.17, 15) is 31.9 Å². The number of fused-ring (bicyclic) bond motifs is 2. The first-order valence-corrected chi connectivity index (χ1v) is 14.3. The monoisotopic (exact) mass is 623 g/mol. The first-order valence-electron chi connectivity index (χ1n) is 14.3. The van der Waals surface area contributed by atoms with Gasteiger partial charge in [-0.25, -0.2) is 19.3 Å². The van der Waals surface area contributed by atoms with Gasteiger partial charge in [0, 0.05) is 41.9 Å². The quantitative estimate of drug-likeness (QED) is 0.221. The summed E-state index contributed by atoms with van der Waals surface area (Å²) in [4.78, 5) is 53.4. The van der Waals surface area contributed by atoms with E-state index < -0.39 is 36.4 Å². The molecule has 2 amide bonds. The number of nitrogens with one attached hydrogen (secondary N) is 1. The maximum absolute atomic E-state index is 14.5. The molecule has 4 aromatic rings. The fourth-order valence-corrected chi connectivity index (χ4v) is 6.17. The number of pyridine rings is 1. The van der Waals surface area contributed by atoms with Gasteiger partial charge in [-0.1, -0.05) is 13.0 Å². The van der Waals surface area contributed by atoms with Crippen LogP contribution in [0, 0.1) is 19.3 Å². The average Bonchev–Trinajstić information content (AvgIpc) is 3.34. The molecule has 1 saturated carbocycles. The Kier molecular flexibility index (Phi) is 7.20. The molecule has 3 aromatic heterocycles. The van der Waals surface area contributed by atoms with Gasteiger partial charge in [0.2, 0.25) is 11.8 Å². The van der Waals surface area contributed by atoms with Crippen LogP contribution in [0.5, 0.6) is 0 Å². The van der Waals surface area contributed by atoms with Crippen LogP contribution in [0.2, 0.25) is 0 Å². The van der Waals surface area contributed by atoms with Crippen LogP contribution in [-0.4, -0.2) is 59.3 Å². The lowest BCUT2D eigenvalue weighted by Gasteiger charge is -2.27. The third-order valence-electron chi connectivity index (χ3n) is 8.65. The Hall–Kier alpha value is -4.75. The van der Waals surface area contributed by atoms with E-state index in [0.29, 0.717) is 40.7 Å². The molecule has 0 bridgehead atoms. The van der Waals surface area contributed by atoms with Crippen molar-refractivity contribution in [2.24, 2.45) is 5.41 Å². The molecule has 4 heterocycles. The summed E-state index contributed by atoms with van der Waals surface area (Å²) in [6.45, 7) is 5.22. The van der Waals surface area contributed by atoms with E-state index in [1.54, 1.807) is 31.5 Å². The van der Waals surface area contributed by atoms with Crippen molar-refractivity contribution in [1.82, 2.24) is 29.6 Å². The Morgan fingerprint density at radius 2 is 1.78 bits per heavy atom. The Bertz CT molecular complexity index is 1870. The van der Waals surface area contributed by atoms with Crippen molar-refractivity contribution < 1.29 is 31.9 Å². The minimum Gasteiger partial charge on any atom is -0.325 e. The number of aromatic nitrogens is 5. The second kappa shape index (κ2) is 10.7. The summed E-state index contributed by atoms with van der Waals surface area (Å²) in [5.74, 6) is -1.21. The third kappa shape index (κ3) is 5.42. The van der Waals surface area contributed by atoms with Crippen LogP contribution < -0.4 is 5.32 Å². The van der Waals surface area contributed by atoms with E-state index in [1.165, 1.54) is 29.5 Å². The standard InChI is InChI=1S/C31H29F4N7O3/c1-15-5-6-23(31(33,34)35)38-28(15)39-29(45)22-9-30(4)10-24(30)42(22)25(44)14-41-27-19(11-32)7-18(20-12-36-17(3)37-13-20)8-21(27)26(40-41)16(2)43/h5-8,12-13,22,24H,9-11,14H2,1-4H3,(H,38,39,45)/t22-,24?,30-/m0/s1. The van der Waals surface area contributed by atoms with Crippen molar-refractivity contribution in [3.63, 3.8) is 0 Å². The molecular weight excluding hydrogens is 594 g/mol. The lowest BCUT2D eigenvalue weighted by molar-refractivity contribution is -0.141. The highest BCUT2D eigenvalue weighted by atomic mass is 19.4. The van der Waals surface area contributed by atoms with Gasteiger partial charge in [0.25, 0.3) is 0 Å². The molecule has 3 atom stereocenters. The summed E-state index contributed by atoms with van der Waals surface area (Å²) < 4.78 is 55.6. The number of halogens is 4. The molecule has 1 aromatic carbocycles. The number of carbonyl (C=O) groups is 3. The zero-order valence-electron chi connectivity index (χ0n) is 24.9. The lowest BCUT2D eigenvalue weighted by atomic mass is 10.0. The van der Waals surface area contributed by atoms with Crippen molar-refractivity contribution in [1.29, 1.82) is 0 Å². The normalized spacial score (nSPS) is 20.8. The molecule has 234 valence electrons. The maximum atomic E-state index is 14.5. The number of rotatable bonds is 7. The van der Waals surface area contributed by atoms with E-state index in [1.807, 2.05) is 6.92 Å². The highest BCUT2D eigenvalue weighted by Crippen LogP contribution is 2.59. The SMILES string of the molecule is CC(=O)c1nn(CC(=O)N2C3C[C@]3(C)C[C@H]2C(=O)Nc2nc(C(F)(F)F)ccc2C)c2c(CF)cc(-c3cnc(C)nc3)cc12. The Morgan fingerprint density at radius 1 is 1.07 bits per heavy atom. The van der Waals surface area contributed by atoms with Gasteiger partial charge < -0.3 is 10.2 Å². The van der Waals surface area contributed by atoms with Crippen LogP contribution in [0.3, 0.4) is 0 Å². The molecule has 1 N–H and O–H groups in total. The number of likely N-dealkylation sites (tertiary alicyclic amines) is 1. The number of amides is 2. The van der Waals surface area contributed by atoms with Crippen LogP contribution in [0.1, 0.15) is 59.8 Å². The largest absolute Gasteiger partial charge is 0.433 e. The molecule has 45 heavy (non-hydrogen) atoms. The van der Waals surface area contributed by atoms with Crippen LogP contribution in [0.4, 0.5) is 23.4 Å². The first kappa shape index (κ1) is 30.3. The molecule has 1 aliphatic heterocycles. The van der Waals surface area contributed by atoms with Gasteiger partial charge >= 0.3 is 6.18 Å². The van der Waals surface area contributed by atoms with E-state index in [-0.39, 0.29) is 46.4 Å². The van der Waals surface area contributed by atoms with E-state index >= 15 is 0 Å². The topological polar surface area (TPSA) is 123 Å². The highest BCUT2D eigenvalue weighted by molar-refractivity contribution is 6.07. The number of anilines is 1. The highest BCUT2D eigenvalue weighted by Gasteiger charge is 2.64. The lowest BCUT2D eigenvalue weighted by Crippen LogP contribution is -2.47. The molecule has 2 aliphatic rings. The molecule has 2 fully saturated rings. The predicted molar refractivity (Wildman–Crippen MR) is 155 cm³/mol. The Balaban J connectivity index is 1.32. The Labute approximate surface area is 254 Å². The number of aryl methyl sites for hydroxylation is 2. The van der Waals surface area contributed by atoms with Gasteiger partial charge in [0.05, 0.1) is 5.52 Å². The van der Waals surface area contributed by atoms with Crippen molar-refractivity contribution in [2.45, 2.75) is 72.0 Å². The smallest absolute Gasteiger partial charge is 0.325 e. The van der Waals surface area contributed by atoms with Crippen LogP contribution in [0.25, 0.3) is 22.0 Å². The van der Waals surface area contributed by atoms with Gasteiger partial charge in [-0.2, -0.15) is 18.3 Å². The Morgan fingerprint density at radius 3 is 2.42 bits per heavy atom. The van der Waals surface area contributed by atoms with Gasteiger partial charge in [0.15, 0.2) is 5.78 Å². The molecule has 14 heteroatoms. The van der Waals surface area contributed by atoms with E-state index in [2.05, 4.69) is 25.4 Å². The van der Waals surface area contributed by atoms with Gasteiger partial charge in [-0.05, 0) is 61.4 Å². The number of hydrogen-bond donors (Lipinski definition) is 1. The summed E-state index contributed by atoms with van der Waals surface area (Å²) >= 11 is 0. The fraction of sp³-hybridized carbons (Fsp3) is 0.387. The molecular formula is C31H29F4N7O3. The molecule has 0 radical (unpaired) electrons.